The Balaban J connectivity index is 3.95. The molecule has 2 N–H and O–H groups in total. The molecule has 0 aromatic carbocycles. The van der Waals surface area contributed by atoms with Crippen LogP contribution in [-0.4, -0.2) is 42.0 Å². The molecule has 0 fully saturated rings. The van der Waals surface area contributed by atoms with Gasteiger partial charge in [-0.3, -0.25) is 9.36 Å². The largest absolute Gasteiger partial charge is 0.480 e. The number of unbranched alkanes of at least 4 members (excludes halogenated alkanes) is 8. The first-order chi connectivity index (χ1) is 12.4. The molecule has 0 aliphatic heterocycles. The molecule has 0 bridgehead atoms. The lowest BCUT2D eigenvalue weighted by Crippen LogP contribution is -2.43. The van der Waals surface area contributed by atoms with Crippen molar-refractivity contribution in [2.75, 3.05) is 18.9 Å². The first-order valence-corrected chi connectivity index (χ1v) is 12.1. The summed E-state index contributed by atoms with van der Waals surface area (Å²) >= 11 is 0. The van der Waals surface area contributed by atoms with Gasteiger partial charge in [-0.2, -0.15) is 0 Å². The molecule has 0 aromatic heterocycles. The highest BCUT2D eigenvalue weighted by Gasteiger charge is 2.25. The zero-order chi connectivity index (χ0) is 19.8. The zero-order valence-corrected chi connectivity index (χ0v) is 17.7. The van der Waals surface area contributed by atoms with E-state index in [1.54, 1.807) is 13.8 Å². The molecule has 0 saturated heterocycles. The Morgan fingerprint density at radius 2 is 1.42 bits per heavy atom. The van der Waals surface area contributed by atoms with Gasteiger partial charge in [-0.15, -0.1) is 0 Å². The molecule has 26 heavy (non-hydrogen) atoms. The fraction of sp³-hybridized carbons (Fsp3) is 0.895. The Hall–Kier alpha value is -0.870. The fourth-order valence-corrected chi connectivity index (χ4v) is 3.89. The number of hydrogen-bond acceptors (Lipinski definition) is 4. The third-order valence-electron chi connectivity index (χ3n) is 4.58. The minimum atomic E-state index is -2.78. The number of hydrogen-bond donors (Lipinski definition) is 2. The maximum absolute atomic E-state index is 12.2. The third kappa shape index (κ3) is 12.5. The van der Waals surface area contributed by atoms with Crippen molar-refractivity contribution in [2.45, 2.75) is 91.0 Å². The quantitative estimate of drug-likeness (QED) is 0.274. The molecule has 0 unspecified atom stereocenters. The van der Waals surface area contributed by atoms with Crippen LogP contribution in [0, 0.1) is 0 Å². The normalized spacial score (nSPS) is 12.7. The predicted octanol–water partition coefficient (Wildman–Crippen LogP) is 4.81. The van der Waals surface area contributed by atoms with Gasteiger partial charge in [0.15, 0.2) is 6.04 Å². The smallest absolute Gasteiger partial charge is 0.328 e. The third-order valence-corrected chi connectivity index (χ3v) is 7.13. The number of carboxylic acid groups (broad SMARTS) is 1. The summed E-state index contributed by atoms with van der Waals surface area (Å²) in [5, 5.41) is 11.7. The van der Waals surface area contributed by atoms with Crippen molar-refractivity contribution in [3.63, 3.8) is 0 Å². The molecule has 0 saturated carbocycles. The molecule has 0 rings (SSSR count). The van der Waals surface area contributed by atoms with Crippen LogP contribution in [0.5, 0.6) is 0 Å². The molecular formula is C19H38NO5P. The van der Waals surface area contributed by atoms with E-state index >= 15 is 0 Å². The van der Waals surface area contributed by atoms with E-state index in [1.165, 1.54) is 38.5 Å². The van der Waals surface area contributed by atoms with Crippen molar-refractivity contribution in [1.29, 1.82) is 0 Å². The van der Waals surface area contributed by atoms with Crippen molar-refractivity contribution < 1.29 is 23.8 Å². The molecule has 7 heteroatoms. The van der Waals surface area contributed by atoms with Gasteiger partial charge in [0.2, 0.25) is 13.3 Å². The summed E-state index contributed by atoms with van der Waals surface area (Å²) in [6.45, 7) is 5.46. The molecule has 0 aromatic rings. The molecule has 0 aliphatic carbocycles. The molecular weight excluding hydrogens is 353 g/mol. The van der Waals surface area contributed by atoms with Gasteiger partial charge in [-0.1, -0.05) is 72.1 Å². The van der Waals surface area contributed by atoms with Gasteiger partial charge in [-0.25, -0.2) is 4.79 Å². The van der Waals surface area contributed by atoms with Gasteiger partial charge in [-0.05, 0) is 6.42 Å². The maximum Gasteiger partial charge on any atom is 0.328 e. The number of carbonyl (C=O) groups is 2. The molecule has 154 valence electrons. The van der Waals surface area contributed by atoms with E-state index in [-0.39, 0.29) is 12.5 Å². The Morgan fingerprint density at radius 1 is 0.923 bits per heavy atom. The van der Waals surface area contributed by atoms with E-state index in [0.717, 1.165) is 19.3 Å². The van der Waals surface area contributed by atoms with Crippen LogP contribution in [0.15, 0.2) is 0 Å². The van der Waals surface area contributed by atoms with E-state index in [4.69, 9.17) is 4.52 Å². The standard InChI is InChI=1S/C19H38NO5P/c1-4-7-8-9-10-11-12-13-14-15-18(21)20-17(19(22)23)16-25-26(24,5-2)6-3/h17H,4-16H2,1-3H3,(H,20,21)(H,22,23)/t17-/m0/s1. The molecule has 1 amide bonds. The molecule has 0 aliphatic rings. The summed E-state index contributed by atoms with van der Waals surface area (Å²) in [4.78, 5) is 23.2. The molecule has 0 radical (unpaired) electrons. The lowest BCUT2D eigenvalue weighted by molar-refractivity contribution is -0.142. The SMILES string of the molecule is CCCCCCCCCCCC(=O)N[C@@H](COP(=O)(CC)CC)C(=O)O. The number of nitrogens with one attached hydrogen (secondary N) is 1. The number of carboxylic acids is 1. The molecule has 0 spiro atoms. The number of amides is 1. The Labute approximate surface area is 158 Å². The van der Waals surface area contributed by atoms with Crippen LogP contribution in [-0.2, 0) is 18.7 Å². The van der Waals surface area contributed by atoms with Crippen LogP contribution in [0.1, 0.15) is 85.0 Å². The zero-order valence-electron chi connectivity index (χ0n) is 16.8. The Morgan fingerprint density at radius 3 is 1.88 bits per heavy atom. The highest BCUT2D eigenvalue weighted by atomic mass is 31.2. The average molecular weight is 391 g/mol. The minimum Gasteiger partial charge on any atom is -0.480 e. The van der Waals surface area contributed by atoms with E-state index in [2.05, 4.69) is 12.2 Å². The Bertz CT molecular complexity index is 434. The van der Waals surface area contributed by atoms with Gasteiger partial charge < -0.3 is 14.9 Å². The van der Waals surface area contributed by atoms with Gasteiger partial charge in [0.05, 0.1) is 6.61 Å². The first-order valence-electron chi connectivity index (χ1n) is 10.1. The van der Waals surface area contributed by atoms with Crippen molar-refractivity contribution in [3.8, 4) is 0 Å². The summed E-state index contributed by atoms with van der Waals surface area (Å²) in [6, 6.07) is -1.15. The van der Waals surface area contributed by atoms with Crippen LogP contribution >= 0.6 is 7.37 Å². The second-order valence-corrected chi connectivity index (χ2v) is 9.93. The van der Waals surface area contributed by atoms with Gasteiger partial charge >= 0.3 is 5.97 Å². The van der Waals surface area contributed by atoms with E-state index < -0.39 is 19.4 Å². The monoisotopic (exact) mass is 391 g/mol. The van der Waals surface area contributed by atoms with E-state index in [0.29, 0.717) is 18.7 Å². The van der Waals surface area contributed by atoms with Crippen LogP contribution in [0.3, 0.4) is 0 Å². The summed E-state index contributed by atoms with van der Waals surface area (Å²) in [7, 11) is -2.78. The van der Waals surface area contributed by atoms with Crippen molar-refractivity contribution in [3.05, 3.63) is 0 Å². The second kappa shape index (κ2) is 15.2. The van der Waals surface area contributed by atoms with Gasteiger partial charge in [0.25, 0.3) is 0 Å². The molecule has 1 atom stereocenters. The number of carbonyl (C=O) groups excluding carboxylic acids is 1. The number of aliphatic carboxylic acids is 1. The maximum atomic E-state index is 12.2. The van der Waals surface area contributed by atoms with Crippen LogP contribution in [0.4, 0.5) is 0 Å². The van der Waals surface area contributed by atoms with Gasteiger partial charge in [0, 0.05) is 18.7 Å². The predicted molar refractivity (Wildman–Crippen MR) is 106 cm³/mol. The van der Waals surface area contributed by atoms with E-state index in [1.807, 2.05) is 0 Å². The lowest BCUT2D eigenvalue weighted by Gasteiger charge is -2.19. The summed E-state index contributed by atoms with van der Waals surface area (Å²) in [6.07, 6.45) is 11.5. The summed E-state index contributed by atoms with van der Waals surface area (Å²) < 4.78 is 17.5. The highest BCUT2D eigenvalue weighted by Crippen LogP contribution is 2.45. The fourth-order valence-electron chi connectivity index (χ4n) is 2.65. The lowest BCUT2D eigenvalue weighted by atomic mass is 10.1. The summed E-state index contributed by atoms with van der Waals surface area (Å²) in [5.41, 5.74) is 0. The second-order valence-electron chi connectivity index (χ2n) is 6.78. The molecule has 6 nitrogen and oxygen atoms in total. The summed E-state index contributed by atoms with van der Waals surface area (Å²) in [5.74, 6) is -1.45. The highest BCUT2D eigenvalue weighted by molar-refractivity contribution is 7.58. The van der Waals surface area contributed by atoms with Crippen molar-refractivity contribution >= 4 is 19.2 Å². The molecule has 0 heterocycles. The average Bonchev–Trinajstić information content (AvgIpc) is 2.63. The van der Waals surface area contributed by atoms with Crippen LogP contribution in [0.25, 0.3) is 0 Å². The topological polar surface area (TPSA) is 92.7 Å². The van der Waals surface area contributed by atoms with Crippen molar-refractivity contribution in [1.82, 2.24) is 5.32 Å². The Kier molecular flexibility index (Phi) is 14.7. The van der Waals surface area contributed by atoms with Crippen LogP contribution in [0.2, 0.25) is 0 Å². The number of rotatable bonds is 17. The minimum absolute atomic E-state index is 0.252. The van der Waals surface area contributed by atoms with Gasteiger partial charge in [0.1, 0.15) is 0 Å². The van der Waals surface area contributed by atoms with Crippen LogP contribution < -0.4 is 5.32 Å². The van der Waals surface area contributed by atoms with Crippen molar-refractivity contribution in [2.24, 2.45) is 0 Å². The van der Waals surface area contributed by atoms with E-state index in [9.17, 15) is 19.3 Å². The first kappa shape index (κ1) is 25.1.